The number of ether oxygens (including phenoxy) is 3. The SMILES string of the molecule is CC/C=C\C/C=C\C/C=C\CCCCCCCC(=O)OC(COC(=O)CCCCCCC/C=C\CCCCCCC)COC(=O)CCCCCCCCCCCCCCCCC/C=C\CCCCCCCCCC. The number of hydrogen-bond acceptors (Lipinski definition) is 6. The highest BCUT2D eigenvalue weighted by molar-refractivity contribution is 5.71. The second-order valence-electron chi connectivity index (χ2n) is 21.6. The lowest BCUT2D eigenvalue weighted by Crippen LogP contribution is -2.30. The van der Waals surface area contributed by atoms with Gasteiger partial charge < -0.3 is 14.2 Å². The first-order valence-corrected chi connectivity index (χ1v) is 32.3. The Morgan fingerprint density at radius 2 is 0.527 bits per heavy atom. The van der Waals surface area contributed by atoms with Crippen molar-refractivity contribution in [3.8, 4) is 0 Å². The van der Waals surface area contributed by atoms with Crippen LogP contribution in [-0.4, -0.2) is 37.2 Å². The van der Waals surface area contributed by atoms with E-state index >= 15 is 0 Å². The quantitative estimate of drug-likeness (QED) is 0.0261. The fraction of sp³-hybridized carbons (Fsp3) is 0.809. The standard InChI is InChI=1S/C68H122O6/c1-4-7-10-13-16-19-22-25-28-29-30-31-32-33-34-35-36-37-38-39-41-43-46-49-52-55-58-61-67(70)73-64-65(63-72-66(69)60-57-54-51-48-45-42-27-24-21-18-15-12-9-6-3)74-68(71)62-59-56-53-50-47-44-40-26-23-20-17-14-11-8-5-2/h8,11,17,20,24,26-27,29-30,40,65H,4-7,9-10,12-16,18-19,21-23,25,28,31-39,41-64H2,1-3H3/b11-8-,20-17-,27-24-,30-29-,40-26-. The third-order valence-corrected chi connectivity index (χ3v) is 14.2. The molecule has 0 amide bonds. The van der Waals surface area contributed by atoms with Crippen LogP contribution in [0.2, 0.25) is 0 Å². The maximum absolute atomic E-state index is 12.9. The highest BCUT2D eigenvalue weighted by atomic mass is 16.6. The predicted molar refractivity (Wildman–Crippen MR) is 321 cm³/mol. The molecule has 0 N–H and O–H groups in total. The van der Waals surface area contributed by atoms with Crippen LogP contribution in [0.1, 0.15) is 335 Å². The molecule has 0 fully saturated rings. The molecule has 0 radical (unpaired) electrons. The number of carbonyl (C=O) groups excluding carboxylic acids is 3. The van der Waals surface area contributed by atoms with Crippen molar-refractivity contribution in [3.05, 3.63) is 60.8 Å². The Hall–Kier alpha value is -2.89. The first-order valence-electron chi connectivity index (χ1n) is 32.3. The number of allylic oxidation sites excluding steroid dienone is 10. The fourth-order valence-corrected chi connectivity index (χ4v) is 9.39. The third kappa shape index (κ3) is 60.0. The first kappa shape index (κ1) is 71.1. The van der Waals surface area contributed by atoms with Crippen LogP contribution in [0.4, 0.5) is 0 Å². The van der Waals surface area contributed by atoms with Crippen molar-refractivity contribution >= 4 is 17.9 Å². The van der Waals surface area contributed by atoms with Gasteiger partial charge in [-0.1, -0.05) is 274 Å². The second kappa shape index (κ2) is 62.6. The van der Waals surface area contributed by atoms with Gasteiger partial charge in [0.05, 0.1) is 0 Å². The average Bonchev–Trinajstić information content (AvgIpc) is 3.40. The number of hydrogen-bond donors (Lipinski definition) is 0. The van der Waals surface area contributed by atoms with Gasteiger partial charge in [-0.15, -0.1) is 0 Å². The van der Waals surface area contributed by atoms with Crippen LogP contribution in [0.3, 0.4) is 0 Å². The topological polar surface area (TPSA) is 78.9 Å². The average molecular weight is 1040 g/mol. The molecule has 1 atom stereocenters. The van der Waals surface area contributed by atoms with Gasteiger partial charge in [0.25, 0.3) is 0 Å². The molecule has 0 aliphatic rings. The summed E-state index contributed by atoms with van der Waals surface area (Å²) < 4.78 is 16.9. The summed E-state index contributed by atoms with van der Waals surface area (Å²) in [5.74, 6) is -0.892. The van der Waals surface area contributed by atoms with Gasteiger partial charge in [-0.3, -0.25) is 14.4 Å². The number of carbonyl (C=O) groups is 3. The summed E-state index contributed by atoms with van der Waals surface area (Å²) in [7, 11) is 0. The molecular weight excluding hydrogens is 913 g/mol. The van der Waals surface area contributed by atoms with Crippen LogP contribution in [0.25, 0.3) is 0 Å². The van der Waals surface area contributed by atoms with E-state index in [0.29, 0.717) is 19.3 Å². The van der Waals surface area contributed by atoms with E-state index in [1.54, 1.807) is 0 Å². The monoisotopic (exact) mass is 1030 g/mol. The lowest BCUT2D eigenvalue weighted by Gasteiger charge is -2.18. The van der Waals surface area contributed by atoms with E-state index in [-0.39, 0.29) is 31.1 Å². The Bertz CT molecular complexity index is 1330. The molecule has 1 unspecified atom stereocenters. The van der Waals surface area contributed by atoms with Gasteiger partial charge in [0, 0.05) is 19.3 Å². The summed E-state index contributed by atoms with van der Waals surface area (Å²) in [6.07, 6.45) is 79.5. The van der Waals surface area contributed by atoms with Gasteiger partial charge in [-0.05, 0) is 103 Å². The zero-order valence-electron chi connectivity index (χ0n) is 49.4. The summed E-state index contributed by atoms with van der Waals surface area (Å²) in [4.78, 5) is 38.3. The molecule has 0 aromatic rings. The predicted octanol–water partition coefficient (Wildman–Crippen LogP) is 21.9. The van der Waals surface area contributed by atoms with E-state index in [1.165, 1.54) is 193 Å². The van der Waals surface area contributed by atoms with Crippen molar-refractivity contribution < 1.29 is 28.6 Å². The van der Waals surface area contributed by atoms with E-state index < -0.39 is 6.10 Å². The molecule has 0 spiro atoms. The van der Waals surface area contributed by atoms with E-state index in [2.05, 4.69) is 81.5 Å². The number of esters is 3. The molecule has 6 nitrogen and oxygen atoms in total. The zero-order chi connectivity index (χ0) is 53.6. The Labute approximate surface area is 460 Å². The van der Waals surface area contributed by atoms with Gasteiger partial charge in [-0.25, -0.2) is 0 Å². The Morgan fingerprint density at radius 3 is 0.838 bits per heavy atom. The largest absolute Gasteiger partial charge is 0.462 e. The summed E-state index contributed by atoms with van der Waals surface area (Å²) in [5.41, 5.74) is 0. The van der Waals surface area contributed by atoms with Gasteiger partial charge in [-0.2, -0.15) is 0 Å². The normalized spacial score (nSPS) is 12.4. The molecule has 0 bridgehead atoms. The molecule has 0 saturated carbocycles. The van der Waals surface area contributed by atoms with Crippen LogP contribution in [0, 0.1) is 0 Å². The molecule has 0 saturated heterocycles. The van der Waals surface area contributed by atoms with Crippen LogP contribution >= 0.6 is 0 Å². The maximum Gasteiger partial charge on any atom is 0.306 e. The minimum absolute atomic E-state index is 0.0817. The van der Waals surface area contributed by atoms with Crippen LogP contribution in [0.15, 0.2) is 60.8 Å². The molecule has 0 aromatic heterocycles. The van der Waals surface area contributed by atoms with E-state index in [0.717, 1.165) is 103 Å². The van der Waals surface area contributed by atoms with Crippen LogP contribution < -0.4 is 0 Å². The summed E-state index contributed by atoms with van der Waals surface area (Å²) >= 11 is 0. The molecule has 0 rings (SSSR count). The minimum Gasteiger partial charge on any atom is -0.462 e. The highest BCUT2D eigenvalue weighted by Crippen LogP contribution is 2.17. The lowest BCUT2D eigenvalue weighted by atomic mass is 10.0. The lowest BCUT2D eigenvalue weighted by molar-refractivity contribution is -0.167. The number of rotatable bonds is 59. The van der Waals surface area contributed by atoms with Crippen molar-refractivity contribution in [3.63, 3.8) is 0 Å². The molecule has 74 heavy (non-hydrogen) atoms. The Morgan fingerprint density at radius 1 is 0.284 bits per heavy atom. The Kier molecular flexibility index (Phi) is 60.2. The smallest absolute Gasteiger partial charge is 0.306 e. The summed E-state index contributed by atoms with van der Waals surface area (Å²) in [5, 5.41) is 0. The van der Waals surface area contributed by atoms with Crippen molar-refractivity contribution in [1.29, 1.82) is 0 Å². The van der Waals surface area contributed by atoms with E-state index in [9.17, 15) is 14.4 Å². The van der Waals surface area contributed by atoms with Gasteiger partial charge >= 0.3 is 17.9 Å². The Balaban J connectivity index is 4.24. The van der Waals surface area contributed by atoms with Crippen molar-refractivity contribution in [1.82, 2.24) is 0 Å². The molecule has 0 aliphatic carbocycles. The third-order valence-electron chi connectivity index (χ3n) is 14.2. The molecule has 430 valence electrons. The fourth-order valence-electron chi connectivity index (χ4n) is 9.39. The summed E-state index contributed by atoms with van der Waals surface area (Å²) in [6, 6.07) is 0. The molecule has 0 heterocycles. The highest BCUT2D eigenvalue weighted by Gasteiger charge is 2.19. The van der Waals surface area contributed by atoms with Gasteiger partial charge in [0.1, 0.15) is 13.2 Å². The summed E-state index contributed by atoms with van der Waals surface area (Å²) in [6.45, 7) is 6.54. The molecule has 0 aliphatic heterocycles. The second-order valence-corrected chi connectivity index (χ2v) is 21.6. The minimum atomic E-state index is -0.786. The van der Waals surface area contributed by atoms with Crippen molar-refractivity contribution in [2.75, 3.05) is 13.2 Å². The van der Waals surface area contributed by atoms with Crippen molar-refractivity contribution in [2.24, 2.45) is 0 Å². The van der Waals surface area contributed by atoms with Gasteiger partial charge in [0.2, 0.25) is 0 Å². The molecule has 0 aromatic carbocycles. The van der Waals surface area contributed by atoms with Gasteiger partial charge in [0.15, 0.2) is 6.10 Å². The zero-order valence-corrected chi connectivity index (χ0v) is 49.4. The van der Waals surface area contributed by atoms with E-state index in [4.69, 9.17) is 14.2 Å². The molecule has 6 heteroatoms. The van der Waals surface area contributed by atoms with Crippen LogP contribution in [-0.2, 0) is 28.6 Å². The van der Waals surface area contributed by atoms with Crippen molar-refractivity contribution in [2.45, 2.75) is 341 Å². The van der Waals surface area contributed by atoms with Crippen LogP contribution in [0.5, 0.6) is 0 Å². The maximum atomic E-state index is 12.9. The molecular formula is C68H122O6. The number of unbranched alkanes of at least 4 members (excludes halogenated alkanes) is 38. The van der Waals surface area contributed by atoms with E-state index in [1.807, 2.05) is 0 Å². The first-order chi connectivity index (χ1) is 36.5.